The maximum Gasteiger partial charge on any atom is 0.410 e. The first kappa shape index (κ1) is 13.8. The third kappa shape index (κ3) is 3.05. The van der Waals surface area contributed by atoms with E-state index in [1.807, 2.05) is 37.3 Å². The fraction of sp³-hybridized carbons (Fsp3) is 0.500. The van der Waals surface area contributed by atoms with Crippen molar-refractivity contribution in [2.45, 2.75) is 25.6 Å². The van der Waals surface area contributed by atoms with E-state index in [0.717, 1.165) is 5.56 Å². The van der Waals surface area contributed by atoms with Crippen LogP contribution < -0.4 is 5.73 Å². The molecule has 19 heavy (non-hydrogen) atoms. The van der Waals surface area contributed by atoms with E-state index < -0.39 is 0 Å². The van der Waals surface area contributed by atoms with Gasteiger partial charge in [0, 0.05) is 31.2 Å². The molecule has 5 heteroatoms. The van der Waals surface area contributed by atoms with Crippen molar-refractivity contribution in [3.05, 3.63) is 35.9 Å². The molecule has 3 unspecified atom stereocenters. The van der Waals surface area contributed by atoms with Gasteiger partial charge in [-0.2, -0.15) is 0 Å². The predicted molar refractivity (Wildman–Crippen MR) is 71.3 cm³/mol. The van der Waals surface area contributed by atoms with Crippen molar-refractivity contribution < 1.29 is 14.6 Å². The number of hydrogen-bond acceptors (Lipinski definition) is 4. The van der Waals surface area contributed by atoms with Crippen LogP contribution in [0.3, 0.4) is 0 Å². The van der Waals surface area contributed by atoms with Crippen LogP contribution in [0.15, 0.2) is 30.3 Å². The van der Waals surface area contributed by atoms with Gasteiger partial charge < -0.3 is 20.5 Å². The van der Waals surface area contributed by atoms with Gasteiger partial charge in [-0.15, -0.1) is 0 Å². The monoisotopic (exact) mass is 264 g/mol. The van der Waals surface area contributed by atoms with E-state index in [9.17, 15) is 9.90 Å². The average Bonchev–Trinajstić information content (AvgIpc) is 2.72. The Balaban J connectivity index is 1.90. The molecule has 1 aromatic carbocycles. The highest BCUT2D eigenvalue weighted by Gasteiger charge is 2.39. The number of likely N-dealkylation sites (tertiary alicyclic amines) is 1. The molecule has 2 rings (SSSR count). The molecule has 3 atom stereocenters. The van der Waals surface area contributed by atoms with Crippen LogP contribution in [0.25, 0.3) is 0 Å². The van der Waals surface area contributed by atoms with Gasteiger partial charge in [0.25, 0.3) is 0 Å². The number of carbonyl (C=O) groups is 1. The van der Waals surface area contributed by atoms with Gasteiger partial charge in [0.05, 0.1) is 0 Å². The molecule has 5 nitrogen and oxygen atoms in total. The summed E-state index contributed by atoms with van der Waals surface area (Å²) in [6.45, 7) is 2.56. The van der Waals surface area contributed by atoms with Crippen LogP contribution in [0.4, 0.5) is 4.79 Å². The van der Waals surface area contributed by atoms with Gasteiger partial charge in [-0.3, -0.25) is 0 Å². The number of carbonyl (C=O) groups excluding carboxylic acids is 1. The summed E-state index contributed by atoms with van der Waals surface area (Å²) < 4.78 is 5.27. The first-order valence-electron chi connectivity index (χ1n) is 6.47. The molecule has 1 heterocycles. The SMILES string of the molecule is CC1C(CO)C(N)CN1C(=O)OCc1ccccc1. The Morgan fingerprint density at radius 1 is 1.47 bits per heavy atom. The summed E-state index contributed by atoms with van der Waals surface area (Å²) >= 11 is 0. The zero-order valence-corrected chi connectivity index (χ0v) is 11.0. The third-order valence-corrected chi connectivity index (χ3v) is 3.72. The Morgan fingerprint density at radius 3 is 2.74 bits per heavy atom. The molecule has 1 saturated heterocycles. The molecule has 3 N–H and O–H groups in total. The average molecular weight is 264 g/mol. The molecule has 1 aromatic rings. The predicted octanol–water partition coefficient (Wildman–Crippen LogP) is 0.963. The summed E-state index contributed by atoms with van der Waals surface area (Å²) in [4.78, 5) is 13.6. The lowest BCUT2D eigenvalue weighted by molar-refractivity contribution is 0.0874. The van der Waals surface area contributed by atoms with Crippen molar-refractivity contribution in [1.82, 2.24) is 4.90 Å². The van der Waals surface area contributed by atoms with Gasteiger partial charge in [-0.05, 0) is 12.5 Å². The summed E-state index contributed by atoms with van der Waals surface area (Å²) in [6.07, 6.45) is -0.372. The number of nitrogens with zero attached hydrogens (tertiary/aromatic N) is 1. The van der Waals surface area contributed by atoms with E-state index >= 15 is 0 Å². The van der Waals surface area contributed by atoms with Gasteiger partial charge in [-0.25, -0.2) is 4.79 Å². The van der Waals surface area contributed by atoms with Crippen LogP contribution >= 0.6 is 0 Å². The minimum absolute atomic E-state index is 0.00913. The molecule has 0 aliphatic carbocycles. The summed E-state index contributed by atoms with van der Waals surface area (Å²) in [5, 5.41) is 9.26. The Hall–Kier alpha value is -1.59. The quantitative estimate of drug-likeness (QED) is 0.852. The van der Waals surface area contributed by atoms with Crippen molar-refractivity contribution in [3.63, 3.8) is 0 Å². The Kier molecular flexibility index (Phi) is 4.39. The van der Waals surface area contributed by atoms with Crippen molar-refractivity contribution >= 4 is 6.09 Å². The topological polar surface area (TPSA) is 75.8 Å². The lowest BCUT2D eigenvalue weighted by atomic mass is 9.99. The maximum atomic E-state index is 12.0. The normalized spacial score (nSPS) is 26.5. The minimum atomic E-state index is -0.372. The second-order valence-corrected chi connectivity index (χ2v) is 4.94. The van der Waals surface area contributed by atoms with Gasteiger partial charge in [-0.1, -0.05) is 30.3 Å². The number of amides is 1. The largest absolute Gasteiger partial charge is 0.445 e. The number of rotatable bonds is 3. The molecular weight excluding hydrogens is 244 g/mol. The standard InChI is InChI=1S/C14H20N2O3/c1-10-12(8-17)13(15)7-16(10)14(18)19-9-11-5-3-2-4-6-11/h2-6,10,12-13,17H,7-9,15H2,1H3. The smallest absolute Gasteiger partial charge is 0.410 e. The van der Waals surface area contributed by atoms with Crippen molar-refractivity contribution in [2.24, 2.45) is 11.7 Å². The lowest BCUT2D eigenvalue weighted by Gasteiger charge is -2.23. The van der Waals surface area contributed by atoms with E-state index in [2.05, 4.69) is 0 Å². The Labute approximate surface area is 113 Å². The van der Waals surface area contributed by atoms with E-state index in [-0.39, 0.29) is 37.3 Å². The van der Waals surface area contributed by atoms with Crippen LogP contribution in [0.2, 0.25) is 0 Å². The van der Waals surface area contributed by atoms with Gasteiger partial charge in [0.2, 0.25) is 0 Å². The number of nitrogens with two attached hydrogens (primary N) is 1. The van der Waals surface area contributed by atoms with E-state index in [1.165, 1.54) is 0 Å². The number of aliphatic hydroxyl groups is 1. The van der Waals surface area contributed by atoms with Crippen molar-refractivity contribution in [3.8, 4) is 0 Å². The fourth-order valence-corrected chi connectivity index (χ4v) is 2.45. The molecular formula is C14H20N2O3. The minimum Gasteiger partial charge on any atom is -0.445 e. The lowest BCUT2D eigenvalue weighted by Crippen LogP contribution is -2.36. The highest BCUT2D eigenvalue weighted by Crippen LogP contribution is 2.23. The molecule has 1 aliphatic heterocycles. The van der Waals surface area contributed by atoms with Crippen LogP contribution in [0.5, 0.6) is 0 Å². The van der Waals surface area contributed by atoms with Crippen LogP contribution in [0.1, 0.15) is 12.5 Å². The molecule has 0 aromatic heterocycles. The molecule has 0 saturated carbocycles. The second kappa shape index (κ2) is 6.04. The Bertz CT molecular complexity index is 424. The third-order valence-electron chi connectivity index (χ3n) is 3.72. The van der Waals surface area contributed by atoms with Crippen LogP contribution in [-0.4, -0.2) is 41.3 Å². The highest BCUT2D eigenvalue weighted by molar-refractivity contribution is 5.68. The van der Waals surface area contributed by atoms with Gasteiger partial charge in [0.1, 0.15) is 6.61 Å². The number of aliphatic hydroxyl groups excluding tert-OH is 1. The van der Waals surface area contributed by atoms with Crippen LogP contribution in [0, 0.1) is 5.92 Å². The second-order valence-electron chi connectivity index (χ2n) is 4.94. The summed E-state index contributed by atoms with van der Waals surface area (Å²) in [5.74, 6) is -0.0794. The van der Waals surface area contributed by atoms with Crippen molar-refractivity contribution in [2.75, 3.05) is 13.2 Å². The highest BCUT2D eigenvalue weighted by atomic mass is 16.6. The van der Waals surface area contributed by atoms with E-state index in [4.69, 9.17) is 10.5 Å². The van der Waals surface area contributed by atoms with Gasteiger partial charge >= 0.3 is 6.09 Å². The van der Waals surface area contributed by atoms with E-state index in [1.54, 1.807) is 4.90 Å². The number of hydrogen-bond donors (Lipinski definition) is 2. The molecule has 0 radical (unpaired) electrons. The summed E-state index contributed by atoms with van der Waals surface area (Å²) in [7, 11) is 0. The van der Waals surface area contributed by atoms with Crippen LogP contribution in [-0.2, 0) is 11.3 Å². The van der Waals surface area contributed by atoms with E-state index in [0.29, 0.717) is 6.54 Å². The summed E-state index contributed by atoms with van der Waals surface area (Å²) in [6, 6.07) is 9.25. The summed E-state index contributed by atoms with van der Waals surface area (Å²) in [5.41, 5.74) is 6.86. The molecule has 1 amide bonds. The maximum absolute atomic E-state index is 12.0. The fourth-order valence-electron chi connectivity index (χ4n) is 2.45. The first-order chi connectivity index (χ1) is 9.13. The Morgan fingerprint density at radius 2 is 2.16 bits per heavy atom. The molecule has 104 valence electrons. The first-order valence-corrected chi connectivity index (χ1v) is 6.47. The van der Waals surface area contributed by atoms with Gasteiger partial charge in [0.15, 0.2) is 0 Å². The molecule has 0 bridgehead atoms. The zero-order chi connectivity index (χ0) is 13.8. The zero-order valence-electron chi connectivity index (χ0n) is 11.0. The number of benzene rings is 1. The molecule has 1 fully saturated rings. The molecule has 1 aliphatic rings. The van der Waals surface area contributed by atoms with Crippen molar-refractivity contribution in [1.29, 1.82) is 0 Å². The number of ether oxygens (including phenoxy) is 1. The molecule has 0 spiro atoms.